The van der Waals surface area contributed by atoms with Crippen LogP contribution in [0.5, 0.6) is 0 Å². The van der Waals surface area contributed by atoms with Gasteiger partial charge in [-0.25, -0.2) is 14.4 Å². The maximum Gasteiger partial charge on any atom is 0.186 e. The summed E-state index contributed by atoms with van der Waals surface area (Å²) < 4.78 is 19.4. The topological polar surface area (TPSA) is 47.0 Å². The van der Waals surface area contributed by atoms with Gasteiger partial charge < -0.3 is 10.1 Å². The molecule has 5 heteroatoms. The van der Waals surface area contributed by atoms with Gasteiger partial charge in [0.1, 0.15) is 5.82 Å². The summed E-state index contributed by atoms with van der Waals surface area (Å²) in [6.45, 7) is 5.04. The molecule has 1 fully saturated rings. The zero-order chi connectivity index (χ0) is 13.0. The van der Waals surface area contributed by atoms with Crippen molar-refractivity contribution in [3.05, 3.63) is 17.3 Å². The normalized spacial score (nSPS) is 19.8. The fourth-order valence-corrected chi connectivity index (χ4v) is 2.17. The Balaban J connectivity index is 2.11. The van der Waals surface area contributed by atoms with E-state index in [1.165, 1.54) is 6.42 Å². The highest BCUT2D eigenvalue weighted by atomic mass is 19.1. The van der Waals surface area contributed by atoms with E-state index in [0.29, 0.717) is 30.3 Å². The van der Waals surface area contributed by atoms with Gasteiger partial charge >= 0.3 is 0 Å². The van der Waals surface area contributed by atoms with E-state index in [-0.39, 0.29) is 11.9 Å². The summed E-state index contributed by atoms with van der Waals surface area (Å²) in [5.74, 6) is 0.609. The van der Waals surface area contributed by atoms with Crippen LogP contribution in [0.4, 0.5) is 10.2 Å². The van der Waals surface area contributed by atoms with E-state index in [1.54, 1.807) is 6.92 Å². The van der Waals surface area contributed by atoms with E-state index in [2.05, 4.69) is 15.3 Å². The van der Waals surface area contributed by atoms with Crippen molar-refractivity contribution in [2.24, 2.45) is 0 Å². The Morgan fingerprint density at radius 1 is 1.39 bits per heavy atom. The quantitative estimate of drug-likeness (QED) is 0.895. The van der Waals surface area contributed by atoms with Gasteiger partial charge in [-0.3, -0.25) is 0 Å². The van der Waals surface area contributed by atoms with Crippen molar-refractivity contribution in [2.45, 2.75) is 45.6 Å². The molecule has 1 saturated heterocycles. The standard InChI is InChI=1S/C13H20FN3O/c1-3-15-13-12(14)9(2)16-11(17-13)8-10-6-4-5-7-18-10/h10H,3-8H2,1-2H3,(H,15,16,17). The Morgan fingerprint density at radius 2 is 2.22 bits per heavy atom. The molecule has 18 heavy (non-hydrogen) atoms. The van der Waals surface area contributed by atoms with Gasteiger partial charge in [-0.15, -0.1) is 0 Å². The zero-order valence-electron chi connectivity index (χ0n) is 11.0. The Morgan fingerprint density at radius 3 is 2.89 bits per heavy atom. The molecule has 1 aliphatic heterocycles. The lowest BCUT2D eigenvalue weighted by Gasteiger charge is -2.22. The highest BCUT2D eigenvalue weighted by Gasteiger charge is 2.18. The second-order valence-electron chi connectivity index (χ2n) is 4.61. The maximum atomic E-state index is 13.7. The third-order valence-corrected chi connectivity index (χ3v) is 3.09. The smallest absolute Gasteiger partial charge is 0.186 e. The number of anilines is 1. The summed E-state index contributed by atoms with van der Waals surface area (Å²) in [4.78, 5) is 8.44. The molecule has 1 aromatic rings. The van der Waals surface area contributed by atoms with Gasteiger partial charge in [-0.1, -0.05) is 0 Å². The van der Waals surface area contributed by atoms with Gasteiger partial charge in [-0.2, -0.15) is 0 Å². The van der Waals surface area contributed by atoms with Crippen molar-refractivity contribution >= 4 is 5.82 Å². The maximum absolute atomic E-state index is 13.7. The molecule has 1 aromatic heterocycles. The van der Waals surface area contributed by atoms with Crippen LogP contribution >= 0.6 is 0 Å². The van der Waals surface area contributed by atoms with Crippen LogP contribution in [0.1, 0.15) is 37.7 Å². The zero-order valence-corrected chi connectivity index (χ0v) is 11.0. The fourth-order valence-electron chi connectivity index (χ4n) is 2.17. The molecule has 1 N–H and O–H groups in total. The van der Waals surface area contributed by atoms with E-state index < -0.39 is 0 Å². The third kappa shape index (κ3) is 3.16. The average Bonchev–Trinajstić information content (AvgIpc) is 2.37. The minimum atomic E-state index is -0.356. The second kappa shape index (κ2) is 6.09. The highest BCUT2D eigenvalue weighted by Crippen LogP contribution is 2.18. The molecule has 0 aromatic carbocycles. The Kier molecular flexibility index (Phi) is 4.47. The molecular formula is C13H20FN3O. The van der Waals surface area contributed by atoms with Gasteiger partial charge in [0.2, 0.25) is 0 Å². The Bertz CT molecular complexity index is 405. The van der Waals surface area contributed by atoms with Crippen molar-refractivity contribution < 1.29 is 9.13 Å². The summed E-state index contributed by atoms with van der Waals surface area (Å²) in [6.07, 6.45) is 4.20. The van der Waals surface area contributed by atoms with E-state index in [4.69, 9.17) is 4.74 Å². The Labute approximate surface area is 107 Å². The number of hydrogen-bond donors (Lipinski definition) is 1. The lowest BCUT2D eigenvalue weighted by atomic mass is 10.1. The first-order valence-corrected chi connectivity index (χ1v) is 6.59. The molecular weight excluding hydrogens is 233 g/mol. The van der Waals surface area contributed by atoms with E-state index >= 15 is 0 Å². The number of nitrogens with zero attached hydrogens (tertiary/aromatic N) is 2. The van der Waals surface area contributed by atoms with E-state index in [1.807, 2.05) is 6.92 Å². The predicted octanol–water partition coefficient (Wildman–Crippen LogP) is 2.47. The number of aromatic nitrogens is 2. The van der Waals surface area contributed by atoms with Gasteiger partial charge in [0.25, 0.3) is 0 Å². The number of rotatable bonds is 4. The molecule has 0 amide bonds. The number of halogens is 1. The molecule has 2 heterocycles. The molecule has 1 aliphatic rings. The molecule has 0 spiro atoms. The average molecular weight is 253 g/mol. The summed E-state index contributed by atoms with van der Waals surface area (Å²) in [5, 5.41) is 2.93. The van der Waals surface area contributed by atoms with E-state index in [9.17, 15) is 4.39 Å². The van der Waals surface area contributed by atoms with Gasteiger partial charge in [0.15, 0.2) is 11.6 Å². The second-order valence-corrected chi connectivity index (χ2v) is 4.61. The first-order chi connectivity index (χ1) is 8.70. The number of nitrogens with one attached hydrogen (secondary N) is 1. The molecule has 2 rings (SSSR count). The van der Waals surface area contributed by atoms with Crippen molar-refractivity contribution in [2.75, 3.05) is 18.5 Å². The monoisotopic (exact) mass is 253 g/mol. The van der Waals surface area contributed by atoms with Crippen molar-refractivity contribution in [1.82, 2.24) is 9.97 Å². The minimum Gasteiger partial charge on any atom is -0.378 e. The van der Waals surface area contributed by atoms with Crippen LogP contribution < -0.4 is 5.32 Å². The van der Waals surface area contributed by atoms with Crippen LogP contribution in [0.25, 0.3) is 0 Å². The highest BCUT2D eigenvalue weighted by molar-refractivity contribution is 5.37. The van der Waals surface area contributed by atoms with Crippen LogP contribution in [-0.4, -0.2) is 29.2 Å². The van der Waals surface area contributed by atoms with Crippen molar-refractivity contribution in [3.8, 4) is 0 Å². The molecule has 0 radical (unpaired) electrons. The van der Waals surface area contributed by atoms with Gasteiger partial charge in [-0.05, 0) is 33.1 Å². The Hall–Kier alpha value is -1.23. The van der Waals surface area contributed by atoms with Crippen LogP contribution in [-0.2, 0) is 11.2 Å². The molecule has 1 atom stereocenters. The first kappa shape index (κ1) is 13.2. The van der Waals surface area contributed by atoms with Crippen molar-refractivity contribution in [1.29, 1.82) is 0 Å². The molecule has 1 unspecified atom stereocenters. The predicted molar refractivity (Wildman–Crippen MR) is 68.2 cm³/mol. The van der Waals surface area contributed by atoms with Crippen LogP contribution in [0, 0.1) is 12.7 Å². The molecule has 0 bridgehead atoms. The SMILES string of the molecule is CCNc1nc(CC2CCCCO2)nc(C)c1F. The van der Waals surface area contributed by atoms with Gasteiger partial charge in [0.05, 0.1) is 11.8 Å². The largest absolute Gasteiger partial charge is 0.378 e. The third-order valence-electron chi connectivity index (χ3n) is 3.09. The number of aryl methyl sites for hydroxylation is 1. The summed E-state index contributed by atoms with van der Waals surface area (Å²) in [5.41, 5.74) is 0.395. The van der Waals surface area contributed by atoms with E-state index in [0.717, 1.165) is 19.4 Å². The molecule has 0 saturated carbocycles. The van der Waals surface area contributed by atoms with Crippen LogP contribution in [0.2, 0.25) is 0 Å². The van der Waals surface area contributed by atoms with Crippen molar-refractivity contribution in [3.63, 3.8) is 0 Å². The van der Waals surface area contributed by atoms with Crippen LogP contribution in [0.3, 0.4) is 0 Å². The minimum absolute atomic E-state index is 0.179. The molecule has 100 valence electrons. The molecule has 4 nitrogen and oxygen atoms in total. The lowest BCUT2D eigenvalue weighted by Crippen LogP contribution is -2.23. The fraction of sp³-hybridized carbons (Fsp3) is 0.692. The summed E-state index contributed by atoms with van der Waals surface area (Å²) >= 11 is 0. The number of ether oxygens (including phenoxy) is 1. The number of hydrogen-bond acceptors (Lipinski definition) is 4. The van der Waals surface area contributed by atoms with Crippen LogP contribution in [0.15, 0.2) is 0 Å². The summed E-state index contributed by atoms with van der Waals surface area (Å²) in [6, 6.07) is 0. The first-order valence-electron chi connectivity index (χ1n) is 6.59. The van der Waals surface area contributed by atoms with Gasteiger partial charge in [0, 0.05) is 19.6 Å². The molecule has 0 aliphatic carbocycles. The lowest BCUT2D eigenvalue weighted by molar-refractivity contribution is 0.0156. The summed E-state index contributed by atoms with van der Waals surface area (Å²) in [7, 11) is 0.